The van der Waals surface area contributed by atoms with Crippen molar-refractivity contribution in [2.24, 2.45) is 5.41 Å². The van der Waals surface area contributed by atoms with Crippen LogP contribution in [0, 0.1) is 5.41 Å². The van der Waals surface area contributed by atoms with Crippen molar-refractivity contribution in [2.75, 3.05) is 25.4 Å². The van der Waals surface area contributed by atoms with E-state index in [1.165, 1.54) is 4.31 Å². The summed E-state index contributed by atoms with van der Waals surface area (Å²) in [6.07, 6.45) is 3.73. The summed E-state index contributed by atoms with van der Waals surface area (Å²) in [5.74, 6) is -1.07. The number of hydrogen-bond donors (Lipinski definition) is 1. The lowest BCUT2D eigenvalue weighted by Crippen LogP contribution is -2.54. The molecule has 2 heterocycles. The lowest BCUT2D eigenvalue weighted by atomic mass is 9.82. The molecule has 138 valence electrons. The summed E-state index contributed by atoms with van der Waals surface area (Å²) < 4.78 is 26.3. The third-order valence-corrected chi connectivity index (χ3v) is 7.08. The van der Waals surface area contributed by atoms with Gasteiger partial charge in [0.15, 0.2) is 0 Å². The Morgan fingerprint density at radius 2 is 1.96 bits per heavy atom. The number of hydrogen-bond acceptors (Lipinski definition) is 4. The minimum absolute atomic E-state index is 0.0696. The monoisotopic (exact) mass is 360 g/mol. The maximum absolute atomic E-state index is 12.9. The molecule has 2 aliphatic rings. The van der Waals surface area contributed by atoms with Gasteiger partial charge in [-0.05, 0) is 39.0 Å². The van der Waals surface area contributed by atoms with Crippen molar-refractivity contribution >= 4 is 21.9 Å². The second-order valence-electron chi connectivity index (χ2n) is 7.17. The van der Waals surface area contributed by atoms with Crippen LogP contribution in [0.3, 0.4) is 0 Å². The summed E-state index contributed by atoms with van der Waals surface area (Å²) in [5.41, 5.74) is -0.946. The SMILES string of the molecule is CCCCS(=O)(=O)N1CCCC1C(=O)N1CCCC(C)(C(=O)O)C1. The molecular weight excluding hydrogens is 332 g/mol. The van der Waals surface area contributed by atoms with Gasteiger partial charge >= 0.3 is 5.97 Å². The minimum atomic E-state index is -3.43. The van der Waals surface area contributed by atoms with Crippen molar-refractivity contribution in [1.82, 2.24) is 9.21 Å². The van der Waals surface area contributed by atoms with Crippen LogP contribution in [0.1, 0.15) is 52.4 Å². The number of aliphatic carboxylic acids is 1. The third-order valence-electron chi connectivity index (χ3n) is 5.13. The molecule has 2 fully saturated rings. The van der Waals surface area contributed by atoms with Crippen LogP contribution in [0.15, 0.2) is 0 Å². The highest BCUT2D eigenvalue weighted by Gasteiger charge is 2.44. The Kier molecular flexibility index (Phi) is 5.91. The van der Waals surface area contributed by atoms with Gasteiger partial charge in [0.2, 0.25) is 15.9 Å². The normalized spacial score (nSPS) is 28.9. The highest BCUT2D eigenvalue weighted by atomic mass is 32.2. The fourth-order valence-electron chi connectivity index (χ4n) is 3.58. The number of sulfonamides is 1. The lowest BCUT2D eigenvalue weighted by Gasteiger charge is -2.39. The molecule has 2 rings (SSSR count). The van der Waals surface area contributed by atoms with Gasteiger partial charge < -0.3 is 10.0 Å². The fourth-order valence-corrected chi connectivity index (χ4v) is 5.46. The maximum Gasteiger partial charge on any atom is 0.311 e. The summed E-state index contributed by atoms with van der Waals surface area (Å²) in [5, 5.41) is 9.40. The van der Waals surface area contributed by atoms with E-state index < -0.39 is 27.4 Å². The molecule has 24 heavy (non-hydrogen) atoms. The average Bonchev–Trinajstić information content (AvgIpc) is 3.02. The number of likely N-dealkylation sites (tertiary alicyclic amines) is 1. The summed E-state index contributed by atoms with van der Waals surface area (Å²) in [4.78, 5) is 25.9. The Hall–Kier alpha value is -1.15. The van der Waals surface area contributed by atoms with E-state index in [0.29, 0.717) is 45.2 Å². The van der Waals surface area contributed by atoms with E-state index >= 15 is 0 Å². The maximum atomic E-state index is 12.9. The molecule has 0 aromatic carbocycles. The quantitative estimate of drug-likeness (QED) is 0.770. The van der Waals surface area contributed by atoms with Crippen LogP contribution in [0.25, 0.3) is 0 Å². The molecule has 2 aliphatic heterocycles. The van der Waals surface area contributed by atoms with E-state index in [2.05, 4.69) is 0 Å². The van der Waals surface area contributed by atoms with Crippen LogP contribution in [-0.2, 0) is 19.6 Å². The molecule has 0 aliphatic carbocycles. The standard InChI is InChI=1S/C16H28N2O5S/c1-3-4-11-24(22,23)18-10-5-7-13(18)14(19)17-9-6-8-16(2,12-17)15(20)21/h13H,3-12H2,1-2H3,(H,20,21). The number of unbranched alkanes of at least 4 members (excludes halogenated alkanes) is 1. The van der Waals surface area contributed by atoms with E-state index in [4.69, 9.17) is 0 Å². The molecule has 2 unspecified atom stereocenters. The van der Waals surface area contributed by atoms with Crippen LogP contribution < -0.4 is 0 Å². The van der Waals surface area contributed by atoms with Gasteiger partial charge in [-0.15, -0.1) is 0 Å². The zero-order valence-corrected chi connectivity index (χ0v) is 15.3. The van der Waals surface area contributed by atoms with Crippen LogP contribution in [0.5, 0.6) is 0 Å². The first-order valence-electron chi connectivity index (χ1n) is 8.73. The van der Waals surface area contributed by atoms with Gasteiger partial charge in [-0.1, -0.05) is 13.3 Å². The van der Waals surface area contributed by atoms with Crippen molar-refractivity contribution in [3.8, 4) is 0 Å². The van der Waals surface area contributed by atoms with E-state index in [0.717, 1.165) is 6.42 Å². The van der Waals surface area contributed by atoms with Gasteiger partial charge in [-0.3, -0.25) is 9.59 Å². The second-order valence-corrected chi connectivity index (χ2v) is 9.21. The van der Waals surface area contributed by atoms with Gasteiger partial charge in [-0.25, -0.2) is 8.42 Å². The molecule has 0 bridgehead atoms. The highest BCUT2D eigenvalue weighted by molar-refractivity contribution is 7.89. The zero-order valence-electron chi connectivity index (χ0n) is 14.5. The summed E-state index contributed by atoms with van der Waals surface area (Å²) in [7, 11) is -3.43. The summed E-state index contributed by atoms with van der Waals surface area (Å²) in [6.45, 7) is 4.62. The fraction of sp³-hybridized carbons (Fsp3) is 0.875. The van der Waals surface area contributed by atoms with E-state index in [1.54, 1.807) is 11.8 Å². The Bertz CT molecular complexity index is 591. The number of piperidine rings is 1. The van der Waals surface area contributed by atoms with Crippen LogP contribution in [0.4, 0.5) is 0 Å². The van der Waals surface area contributed by atoms with Crippen molar-refractivity contribution < 1.29 is 23.1 Å². The molecule has 1 N–H and O–H groups in total. The molecule has 0 spiro atoms. The smallest absolute Gasteiger partial charge is 0.311 e. The van der Waals surface area contributed by atoms with Crippen molar-refractivity contribution in [1.29, 1.82) is 0 Å². The Balaban J connectivity index is 2.12. The summed E-state index contributed by atoms with van der Waals surface area (Å²) >= 11 is 0. The zero-order chi connectivity index (χ0) is 18.0. The molecule has 0 aromatic heterocycles. The number of carbonyl (C=O) groups excluding carboxylic acids is 1. The molecular formula is C16H28N2O5S. The Morgan fingerprint density at radius 3 is 2.58 bits per heavy atom. The average molecular weight is 360 g/mol. The van der Waals surface area contributed by atoms with Crippen molar-refractivity contribution in [3.05, 3.63) is 0 Å². The number of rotatable bonds is 6. The van der Waals surface area contributed by atoms with Crippen molar-refractivity contribution in [3.63, 3.8) is 0 Å². The third kappa shape index (κ3) is 3.91. The first-order valence-corrected chi connectivity index (χ1v) is 10.3. The molecule has 0 saturated carbocycles. The number of carboxylic acids is 1. The molecule has 2 saturated heterocycles. The van der Waals surface area contributed by atoms with Gasteiger partial charge in [0, 0.05) is 19.6 Å². The molecule has 0 radical (unpaired) electrons. The number of nitrogens with zero attached hydrogens (tertiary/aromatic N) is 2. The predicted octanol–water partition coefficient (Wildman–Crippen LogP) is 1.29. The minimum Gasteiger partial charge on any atom is -0.481 e. The van der Waals surface area contributed by atoms with Gasteiger partial charge in [0.1, 0.15) is 6.04 Å². The van der Waals surface area contributed by atoms with Gasteiger partial charge in [0.25, 0.3) is 0 Å². The van der Waals surface area contributed by atoms with Gasteiger partial charge in [0.05, 0.1) is 11.2 Å². The number of amides is 1. The van der Waals surface area contributed by atoms with Crippen molar-refractivity contribution in [2.45, 2.75) is 58.4 Å². The summed E-state index contributed by atoms with van der Waals surface area (Å²) in [6, 6.07) is -0.664. The first-order chi connectivity index (χ1) is 11.2. The van der Waals surface area contributed by atoms with Crippen LogP contribution in [-0.4, -0.2) is 66.0 Å². The van der Waals surface area contributed by atoms with E-state index in [1.807, 2.05) is 6.92 Å². The molecule has 0 aromatic rings. The lowest BCUT2D eigenvalue weighted by molar-refractivity contribution is -0.154. The molecule has 7 nitrogen and oxygen atoms in total. The largest absolute Gasteiger partial charge is 0.481 e. The highest BCUT2D eigenvalue weighted by Crippen LogP contribution is 2.32. The molecule has 2 atom stereocenters. The predicted molar refractivity (Wildman–Crippen MR) is 90.0 cm³/mol. The molecule has 1 amide bonds. The number of carboxylic acid groups (broad SMARTS) is 1. The number of carbonyl (C=O) groups is 2. The van der Waals surface area contributed by atoms with Gasteiger partial charge in [-0.2, -0.15) is 4.31 Å². The van der Waals surface area contributed by atoms with E-state index in [9.17, 15) is 23.1 Å². The molecule has 8 heteroatoms. The second kappa shape index (κ2) is 7.39. The van der Waals surface area contributed by atoms with Crippen LogP contribution >= 0.6 is 0 Å². The van der Waals surface area contributed by atoms with E-state index in [-0.39, 0.29) is 18.2 Å². The topological polar surface area (TPSA) is 95.0 Å². The first kappa shape index (κ1) is 19.2. The Labute approximate surface area is 144 Å². The van der Waals surface area contributed by atoms with Crippen LogP contribution in [0.2, 0.25) is 0 Å². The Morgan fingerprint density at radius 1 is 1.25 bits per heavy atom.